The molecule has 1 N–H and O–H groups in total. The molecule has 3 aromatic rings. The third kappa shape index (κ3) is 3.94. The van der Waals surface area contributed by atoms with Crippen molar-refractivity contribution in [1.29, 1.82) is 0 Å². The Morgan fingerprint density at radius 3 is 2.84 bits per heavy atom. The molecule has 1 aromatic heterocycles. The van der Waals surface area contributed by atoms with Gasteiger partial charge in [0.2, 0.25) is 0 Å². The van der Waals surface area contributed by atoms with Gasteiger partial charge in [-0.15, -0.1) is 0 Å². The smallest absolute Gasteiger partial charge is 0.252 e. The zero-order valence-electron chi connectivity index (χ0n) is 17.8. The molecule has 2 fully saturated rings. The van der Waals surface area contributed by atoms with Crippen LogP contribution < -0.4 is 10.1 Å². The lowest BCUT2D eigenvalue weighted by atomic mass is 9.98. The van der Waals surface area contributed by atoms with Crippen LogP contribution in [0.4, 0.5) is 0 Å². The van der Waals surface area contributed by atoms with E-state index >= 15 is 0 Å². The van der Waals surface area contributed by atoms with E-state index in [-0.39, 0.29) is 11.4 Å². The van der Waals surface area contributed by atoms with E-state index in [1.54, 1.807) is 6.20 Å². The first-order valence-electron chi connectivity index (χ1n) is 10.8. The van der Waals surface area contributed by atoms with E-state index < -0.39 is 0 Å². The first-order chi connectivity index (χ1) is 14.9. The van der Waals surface area contributed by atoms with Gasteiger partial charge < -0.3 is 10.1 Å². The lowest BCUT2D eigenvalue weighted by Crippen LogP contribution is -2.48. The summed E-state index contributed by atoms with van der Waals surface area (Å²) in [6.07, 6.45) is 4.80. The summed E-state index contributed by atoms with van der Waals surface area (Å²) in [5.74, 6) is 0.691. The van der Waals surface area contributed by atoms with Crippen LogP contribution in [0.2, 0.25) is 0 Å². The Bertz CT molecular complexity index is 1160. The van der Waals surface area contributed by atoms with Crippen LogP contribution in [0.25, 0.3) is 10.9 Å². The van der Waals surface area contributed by atoms with Gasteiger partial charge in [0.15, 0.2) is 0 Å². The molecule has 2 heterocycles. The van der Waals surface area contributed by atoms with Crippen LogP contribution in [0.15, 0.2) is 53.1 Å². The maximum atomic E-state index is 13.3. The average Bonchev–Trinajstić information content (AvgIpc) is 3.53. The highest BCUT2D eigenvalue weighted by Crippen LogP contribution is 2.48. The number of ether oxygens (including phenoxy) is 1. The Kier molecular flexibility index (Phi) is 5.22. The Hall–Kier alpha value is -2.44. The zero-order chi connectivity index (χ0) is 21.6. The molecule has 31 heavy (non-hydrogen) atoms. The van der Waals surface area contributed by atoms with Crippen LogP contribution in [0.1, 0.15) is 40.7 Å². The number of hydrogen-bond acceptors (Lipinski definition) is 4. The number of carbonyl (C=O) groups excluding carboxylic acids is 1. The lowest BCUT2D eigenvalue weighted by Gasteiger charge is -2.37. The van der Waals surface area contributed by atoms with E-state index in [1.165, 1.54) is 0 Å². The number of likely N-dealkylation sites (tertiary alicyclic amines) is 1. The average molecular weight is 480 g/mol. The van der Waals surface area contributed by atoms with Crippen LogP contribution in [0.3, 0.4) is 0 Å². The molecule has 5 nitrogen and oxygen atoms in total. The number of hydrogen-bond donors (Lipinski definition) is 1. The first-order valence-corrected chi connectivity index (χ1v) is 11.6. The fourth-order valence-electron chi connectivity index (χ4n) is 4.32. The minimum atomic E-state index is -0.347. The number of amides is 1. The minimum Gasteiger partial charge on any atom is -0.492 e. The van der Waals surface area contributed by atoms with Crippen LogP contribution in [0, 0.1) is 6.92 Å². The summed E-state index contributed by atoms with van der Waals surface area (Å²) < 4.78 is 6.97. The maximum absolute atomic E-state index is 13.3. The van der Waals surface area contributed by atoms with Crippen molar-refractivity contribution in [2.24, 2.45) is 0 Å². The molecule has 1 saturated carbocycles. The Balaban J connectivity index is 1.38. The van der Waals surface area contributed by atoms with Crippen molar-refractivity contribution >= 4 is 32.7 Å². The van der Waals surface area contributed by atoms with Gasteiger partial charge in [-0.05, 0) is 81.2 Å². The molecule has 6 heteroatoms. The second-order valence-corrected chi connectivity index (χ2v) is 9.69. The number of halogens is 1. The van der Waals surface area contributed by atoms with E-state index in [2.05, 4.69) is 50.3 Å². The van der Waals surface area contributed by atoms with Crippen LogP contribution in [0.5, 0.6) is 5.75 Å². The van der Waals surface area contributed by atoms with Gasteiger partial charge in [0.25, 0.3) is 5.91 Å². The van der Waals surface area contributed by atoms with Crippen molar-refractivity contribution < 1.29 is 9.53 Å². The van der Waals surface area contributed by atoms with E-state index in [0.29, 0.717) is 18.2 Å². The number of nitrogens with zero attached hydrogens (tertiary/aromatic N) is 2. The second kappa shape index (κ2) is 7.92. The third-order valence-electron chi connectivity index (χ3n) is 6.64. The second-order valence-electron chi connectivity index (χ2n) is 8.77. The van der Waals surface area contributed by atoms with Gasteiger partial charge in [0, 0.05) is 27.7 Å². The fraction of sp³-hybridized carbons (Fsp3) is 0.360. The van der Waals surface area contributed by atoms with Gasteiger partial charge in [-0.2, -0.15) is 0 Å². The highest BCUT2D eigenvalue weighted by Gasteiger charge is 2.47. The van der Waals surface area contributed by atoms with Crippen LogP contribution in [-0.2, 0) is 5.54 Å². The number of rotatable bonds is 6. The quantitative estimate of drug-likeness (QED) is 0.551. The SMILES string of the molecule is Cc1ccc(OCC2CCN2C)cc1C(=O)NC1(c2cc(Br)cc3ncccc23)CC1. The number of aromatic nitrogens is 1. The lowest BCUT2D eigenvalue weighted by molar-refractivity contribution is 0.0767. The summed E-state index contributed by atoms with van der Waals surface area (Å²) in [5, 5.41) is 4.42. The normalized spacial score (nSPS) is 19.6. The van der Waals surface area contributed by atoms with Gasteiger partial charge >= 0.3 is 0 Å². The van der Waals surface area contributed by atoms with Gasteiger partial charge in [0.1, 0.15) is 12.4 Å². The van der Waals surface area contributed by atoms with Gasteiger partial charge in [-0.3, -0.25) is 14.7 Å². The van der Waals surface area contributed by atoms with E-state index in [1.807, 2.05) is 37.3 Å². The summed E-state index contributed by atoms with van der Waals surface area (Å²) in [6, 6.07) is 14.4. The van der Waals surface area contributed by atoms with Crippen molar-refractivity contribution in [1.82, 2.24) is 15.2 Å². The molecule has 1 amide bonds. The Labute approximate surface area is 190 Å². The minimum absolute atomic E-state index is 0.0572. The molecular formula is C25H26BrN3O2. The molecule has 1 unspecified atom stereocenters. The predicted molar refractivity (Wildman–Crippen MR) is 126 cm³/mol. The van der Waals surface area contributed by atoms with Gasteiger partial charge in [0.05, 0.1) is 11.1 Å². The van der Waals surface area contributed by atoms with Crippen LogP contribution >= 0.6 is 15.9 Å². The summed E-state index contributed by atoms with van der Waals surface area (Å²) in [7, 11) is 2.11. The van der Waals surface area contributed by atoms with E-state index in [0.717, 1.165) is 58.1 Å². The number of likely N-dealkylation sites (N-methyl/N-ethyl adjacent to an activating group) is 1. The molecule has 2 aromatic carbocycles. The Morgan fingerprint density at radius 2 is 2.13 bits per heavy atom. The summed E-state index contributed by atoms with van der Waals surface area (Å²) in [5.41, 5.74) is 3.32. The number of benzene rings is 2. The number of fused-ring (bicyclic) bond motifs is 1. The zero-order valence-corrected chi connectivity index (χ0v) is 19.4. The van der Waals surface area contributed by atoms with Crippen molar-refractivity contribution in [2.45, 2.75) is 37.8 Å². The maximum Gasteiger partial charge on any atom is 0.252 e. The molecule has 1 aliphatic heterocycles. The largest absolute Gasteiger partial charge is 0.492 e. The molecule has 5 rings (SSSR count). The number of carbonyl (C=O) groups is 1. The molecular weight excluding hydrogens is 454 g/mol. The molecule has 1 saturated heterocycles. The molecule has 0 spiro atoms. The molecule has 2 aliphatic rings. The Morgan fingerprint density at radius 1 is 1.29 bits per heavy atom. The van der Waals surface area contributed by atoms with Crippen molar-refractivity contribution in [3.05, 3.63) is 69.8 Å². The molecule has 160 valence electrons. The number of pyridine rings is 1. The van der Waals surface area contributed by atoms with Crippen LogP contribution in [-0.4, -0.2) is 42.0 Å². The highest BCUT2D eigenvalue weighted by molar-refractivity contribution is 9.10. The molecule has 0 bridgehead atoms. The van der Waals surface area contributed by atoms with E-state index in [4.69, 9.17) is 4.74 Å². The van der Waals surface area contributed by atoms with Gasteiger partial charge in [-0.1, -0.05) is 28.1 Å². The summed E-state index contributed by atoms with van der Waals surface area (Å²) in [6.45, 7) is 3.75. The fourth-order valence-corrected chi connectivity index (χ4v) is 4.77. The summed E-state index contributed by atoms with van der Waals surface area (Å²) >= 11 is 3.61. The van der Waals surface area contributed by atoms with Crippen molar-refractivity contribution in [3.63, 3.8) is 0 Å². The van der Waals surface area contributed by atoms with Crippen molar-refractivity contribution in [3.8, 4) is 5.75 Å². The molecule has 1 atom stereocenters. The third-order valence-corrected chi connectivity index (χ3v) is 7.10. The number of aryl methyl sites for hydroxylation is 1. The topological polar surface area (TPSA) is 54.5 Å². The monoisotopic (exact) mass is 479 g/mol. The van der Waals surface area contributed by atoms with Crippen molar-refractivity contribution in [2.75, 3.05) is 20.2 Å². The number of nitrogens with one attached hydrogen (secondary N) is 1. The predicted octanol–water partition coefficient (Wildman–Crippen LogP) is 4.81. The molecule has 0 radical (unpaired) electrons. The first kappa shape index (κ1) is 20.5. The highest BCUT2D eigenvalue weighted by atomic mass is 79.9. The van der Waals surface area contributed by atoms with Gasteiger partial charge in [-0.25, -0.2) is 0 Å². The van der Waals surface area contributed by atoms with E-state index in [9.17, 15) is 4.79 Å². The summed E-state index contributed by atoms with van der Waals surface area (Å²) in [4.78, 5) is 20.1. The standard InChI is InChI=1S/C25H26BrN3O2/c1-16-5-6-19(31-15-18-7-11-29(18)2)14-21(16)24(30)28-25(8-9-25)22-12-17(26)13-23-20(22)4-3-10-27-23/h3-6,10,12-14,18H,7-9,11,15H2,1-2H3,(H,28,30). The molecule has 1 aliphatic carbocycles.